The fraction of sp³-hybridized carbons (Fsp3) is 0.632. The van der Waals surface area contributed by atoms with E-state index in [-0.39, 0.29) is 28.6 Å². The number of methoxy groups -OCH3 is 2. The molecule has 3 atom stereocenters. The van der Waals surface area contributed by atoms with Crippen LogP contribution in [0.25, 0.3) is 0 Å². The quantitative estimate of drug-likeness (QED) is 0.312. The summed E-state index contributed by atoms with van der Waals surface area (Å²) in [7, 11) is 3.28. The van der Waals surface area contributed by atoms with Gasteiger partial charge in [0.15, 0.2) is 11.5 Å². The van der Waals surface area contributed by atoms with E-state index >= 15 is 0 Å². The standard InChI is InChI=1S/C38H53NO5/c1-37(2)25-38(3,4)34(27-13-8-7-9-14-27)35(40)39-22-11-10-17-30(39)36(41)44-31(28-15-12-16-29(37)24-28)20-18-26-19-21-32(42-5)33(23-26)43-6/h12,15-16,19,21,23-24,27,30-31,34H,7-11,13-14,17-18,20,22,25H2,1-6H3/t30-,31-,34+/m0/s1. The monoisotopic (exact) mass is 603 g/mol. The second-order valence-electron chi connectivity index (χ2n) is 14.7. The predicted octanol–water partition coefficient (Wildman–Crippen LogP) is 8.21. The molecule has 2 aliphatic heterocycles. The Morgan fingerprint density at radius 1 is 0.864 bits per heavy atom. The molecule has 0 unspecified atom stereocenters. The zero-order chi connectivity index (χ0) is 31.5. The van der Waals surface area contributed by atoms with Gasteiger partial charge in [0.05, 0.1) is 14.2 Å². The summed E-state index contributed by atoms with van der Waals surface area (Å²) in [6.07, 6.45) is 10.1. The van der Waals surface area contributed by atoms with Gasteiger partial charge in [0.1, 0.15) is 12.1 Å². The number of cyclic esters (lactones) is 1. The number of piperidine rings is 1. The first-order valence-corrected chi connectivity index (χ1v) is 16.9. The van der Waals surface area contributed by atoms with E-state index in [4.69, 9.17) is 14.2 Å². The van der Waals surface area contributed by atoms with Crippen molar-refractivity contribution in [1.29, 1.82) is 0 Å². The maximum Gasteiger partial charge on any atom is 0.329 e. The summed E-state index contributed by atoms with van der Waals surface area (Å²) < 4.78 is 17.4. The van der Waals surface area contributed by atoms with E-state index in [1.807, 2.05) is 23.1 Å². The molecule has 1 saturated carbocycles. The molecule has 3 aliphatic rings. The normalized spacial score (nSPS) is 26.0. The van der Waals surface area contributed by atoms with Gasteiger partial charge in [-0.15, -0.1) is 0 Å². The second kappa shape index (κ2) is 13.5. The van der Waals surface area contributed by atoms with Crippen LogP contribution in [0.3, 0.4) is 0 Å². The smallest absolute Gasteiger partial charge is 0.329 e. The van der Waals surface area contributed by atoms with Crippen LogP contribution in [-0.4, -0.2) is 43.6 Å². The molecule has 2 aromatic rings. The summed E-state index contributed by atoms with van der Waals surface area (Å²) in [5, 5.41) is 0. The van der Waals surface area contributed by atoms with Gasteiger partial charge in [-0.1, -0.05) is 77.3 Å². The summed E-state index contributed by atoms with van der Waals surface area (Å²) in [5.41, 5.74) is 2.93. The molecule has 1 aliphatic carbocycles. The Labute approximate surface area is 264 Å². The van der Waals surface area contributed by atoms with Crippen LogP contribution in [0.1, 0.15) is 115 Å². The van der Waals surface area contributed by atoms with Crippen molar-refractivity contribution in [3.63, 3.8) is 0 Å². The summed E-state index contributed by atoms with van der Waals surface area (Å²) in [6.45, 7) is 9.86. The van der Waals surface area contributed by atoms with Crippen LogP contribution in [0, 0.1) is 17.3 Å². The molecule has 1 saturated heterocycles. The van der Waals surface area contributed by atoms with Gasteiger partial charge >= 0.3 is 5.97 Å². The minimum atomic E-state index is -0.529. The molecular weight excluding hydrogens is 550 g/mol. The van der Waals surface area contributed by atoms with Crippen LogP contribution in [0.5, 0.6) is 11.5 Å². The summed E-state index contributed by atoms with van der Waals surface area (Å²) in [4.78, 5) is 30.8. The maximum absolute atomic E-state index is 14.7. The predicted molar refractivity (Wildman–Crippen MR) is 174 cm³/mol. The van der Waals surface area contributed by atoms with Crippen molar-refractivity contribution in [2.24, 2.45) is 17.3 Å². The molecule has 1 amide bonds. The van der Waals surface area contributed by atoms with Gasteiger partial charge in [0.25, 0.3) is 0 Å². The molecular formula is C38H53NO5. The van der Waals surface area contributed by atoms with E-state index in [9.17, 15) is 9.59 Å². The Balaban J connectivity index is 1.53. The molecule has 0 spiro atoms. The van der Waals surface area contributed by atoms with Gasteiger partial charge in [-0.3, -0.25) is 4.79 Å². The highest BCUT2D eigenvalue weighted by atomic mass is 16.5. The van der Waals surface area contributed by atoms with Crippen molar-refractivity contribution in [3.05, 3.63) is 59.2 Å². The Bertz CT molecular complexity index is 1310. The highest BCUT2D eigenvalue weighted by Gasteiger charge is 2.48. The van der Waals surface area contributed by atoms with E-state index < -0.39 is 12.1 Å². The summed E-state index contributed by atoms with van der Waals surface area (Å²) >= 11 is 0. The first-order valence-electron chi connectivity index (χ1n) is 16.9. The number of amides is 1. The largest absolute Gasteiger partial charge is 0.493 e. The van der Waals surface area contributed by atoms with E-state index in [1.165, 1.54) is 24.8 Å². The van der Waals surface area contributed by atoms with Gasteiger partial charge in [-0.2, -0.15) is 0 Å². The van der Waals surface area contributed by atoms with Crippen molar-refractivity contribution in [1.82, 2.24) is 4.90 Å². The minimum Gasteiger partial charge on any atom is -0.493 e. The average molecular weight is 604 g/mol. The van der Waals surface area contributed by atoms with Crippen molar-refractivity contribution in [3.8, 4) is 11.5 Å². The molecule has 2 aromatic carbocycles. The Hall–Kier alpha value is -3.02. The lowest BCUT2D eigenvalue weighted by Crippen LogP contribution is -2.55. The van der Waals surface area contributed by atoms with Crippen LogP contribution in [0.4, 0.5) is 0 Å². The van der Waals surface area contributed by atoms with E-state index in [1.54, 1.807) is 14.2 Å². The Morgan fingerprint density at radius 3 is 2.32 bits per heavy atom. The molecule has 2 fully saturated rings. The Morgan fingerprint density at radius 2 is 1.59 bits per heavy atom. The van der Waals surface area contributed by atoms with Crippen molar-refractivity contribution < 1.29 is 23.8 Å². The van der Waals surface area contributed by atoms with Crippen molar-refractivity contribution in [2.45, 2.75) is 116 Å². The number of rotatable bonds is 6. The van der Waals surface area contributed by atoms with Crippen LogP contribution in [0.15, 0.2) is 42.5 Å². The molecule has 0 N–H and O–H groups in total. The number of carbonyl (C=O) groups is 2. The highest BCUT2D eigenvalue weighted by Crippen LogP contribution is 2.49. The average Bonchev–Trinajstić information content (AvgIpc) is 3.02. The minimum absolute atomic E-state index is 0.111. The number of hydrogen-bond acceptors (Lipinski definition) is 5. The molecule has 6 heteroatoms. The number of carbonyl (C=O) groups excluding carboxylic acids is 2. The molecule has 240 valence electrons. The first-order chi connectivity index (χ1) is 21.0. The Kier molecular flexibility index (Phi) is 9.96. The zero-order valence-corrected chi connectivity index (χ0v) is 27.8. The number of nitrogens with zero attached hydrogens (tertiary/aromatic N) is 1. The fourth-order valence-corrected chi connectivity index (χ4v) is 8.62. The lowest BCUT2D eigenvalue weighted by Gasteiger charge is -2.47. The van der Waals surface area contributed by atoms with Crippen LogP contribution < -0.4 is 9.47 Å². The maximum atomic E-state index is 14.7. The lowest BCUT2D eigenvalue weighted by atomic mass is 9.60. The van der Waals surface area contributed by atoms with Gasteiger partial charge < -0.3 is 19.1 Å². The fourth-order valence-electron chi connectivity index (χ4n) is 8.62. The summed E-state index contributed by atoms with van der Waals surface area (Å²) in [6, 6.07) is 14.1. The van der Waals surface area contributed by atoms with Crippen molar-refractivity contribution >= 4 is 11.9 Å². The summed E-state index contributed by atoms with van der Waals surface area (Å²) in [5.74, 6) is 1.53. The van der Waals surface area contributed by atoms with E-state index in [0.717, 1.165) is 43.2 Å². The molecule has 6 nitrogen and oxygen atoms in total. The SMILES string of the molecule is COc1ccc(CC[C@@H]2OC(=O)[C@@H]3CCCCN3C(=O)[C@@H](C3CCCCC3)C(C)(C)CC(C)(C)c3cccc2c3)cc1OC. The van der Waals surface area contributed by atoms with Crippen molar-refractivity contribution in [2.75, 3.05) is 20.8 Å². The van der Waals surface area contributed by atoms with Gasteiger partial charge in [-0.25, -0.2) is 4.79 Å². The molecule has 0 aromatic heterocycles. The molecule has 5 rings (SSSR count). The third-order valence-corrected chi connectivity index (χ3v) is 10.6. The molecule has 2 bridgehead atoms. The van der Waals surface area contributed by atoms with Crippen LogP contribution >= 0.6 is 0 Å². The van der Waals surface area contributed by atoms with E-state index in [2.05, 4.69) is 52.0 Å². The number of fused-ring (bicyclic) bond motifs is 3. The number of benzene rings is 2. The van der Waals surface area contributed by atoms with Gasteiger partial charge in [-0.05, 0) is 96.9 Å². The number of hydrogen-bond donors (Lipinski definition) is 0. The van der Waals surface area contributed by atoms with E-state index in [0.29, 0.717) is 43.2 Å². The molecule has 0 radical (unpaired) electrons. The van der Waals surface area contributed by atoms with Crippen LogP contribution in [-0.2, 0) is 26.2 Å². The third-order valence-electron chi connectivity index (χ3n) is 10.6. The zero-order valence-electron chi connectivity index (χ0n) is 27.8. The second-order valence-corrected chi connectivity index (χ2v) is 14.7. The molecule has 44 heavy (non-hydrogen) atoms. The van der Waals surface area contributed by atoms with Gasteiger partial charge in [0, 0.05) is 12.5 Å². The highest BCUT2D eigenvalue weighted by molar-refractivity contribution is 5.87. The molecule has 2 heterocycles. The lowest BCUT2D eigenvalue weighted by molar-refractivity contribution is -0.166. The number of aryl methyl sites for hydroxylation is 1. The topological polar surface area (TPSA) is 65.1 Å². The third kappa shape index (κ3) is 6.94. The van der Waals surface area contributed by atoms with Gasteiger partial charge in [0.2, 0.25) is 5.91 Å². The first kappa shape index (κ1) is 32.4. The number of ether oxygens (including phenoxy) is 3. The van der Waals surface area contributed by atoms with Crippen LogP contribution in [0.2, 0.25) is 0 Å². The number of esters is 1.